The molecule has 0 aliphatic heterocycles. The van der Waals surface area contributed by atoms with Crippen LogP contribution < -0.4 is 5.32 Å². The minimum atomic E-state index is -0.392. The summed E-state index contributed by atoms with van der Waals surface area (Å²) in [4.78, 5) is 11.9. The van der Waals surface area contributed by atoms with Crippen molar-refractivity contribution in [2.45, 2.75) is 19.4 Å². The Kier molecular flexibility index (Phi) is 4.45. The molecule has 0 aliphatic carbocycles. The van der Waals surface area contributed by atoms with Gasteiger partial charge in [-0.05, 0) is 36.2 Å². The summed E-state index contributed by atoms with van der Waals surface area (Å²) in [5.74, 6) is -0.984. The largest absolute Gasteiger partial charge is 0.349 e. The molecule has 0 aliphatic rings. The lowest BCUT2D eigenvalue weighted by Crippen LogP contribution is -2.28. The number of carbonyl (C=O) groups is 1. The van der Waals surface area contributed by atoms with Gasteiger partial charge in [0, 0.05) is 0 Å². The van der Waals surface area contributed by atoms with Crippen LogP contribution >= 0.6 is 0 Å². The Balaban J connectivity index is 1.98. The van der Waals surface area contributed by atoms with E-state index in [-0.39, 0.29) is 24.2 Å². The van der Waals surface area contributed by atoms with Crippen molar-refractivity contribution >= 4 is 5.91 Å². The number of rotatable bonds is 4. The van der Waals surface area contributed by atoms with Gasteiger partial charge in [-0.3, -0.25) is 4.79 Å². The van der Waals surface area contributed by atoms with Gasteiger partial charge in [0.25, 0.3) is 0 Å². The summed E-state index contributed by atoms with van der Waals surface area (Å²) >= 11 is 0. The Morgan fingerprint density at radius 3 is 2.40 bits per heavy atom. The molecule has 0 saturated carbocycles. The predicted molar refractivity (Wildman–Crippen MR) is 73.1 cm³/mol. The number of amides is 1. The molecule has 2 aromatic rings. The van der Waals surface area contributed by atoms with Crippen LogP contribution in [0.5, 0.6) is 0 Å². The third-order valence-electron chi connectivity index (χ3n) is 3.06. The van der Waals surface area contributed by atoms with Gasteiger partial charge in [-0.1, -0.05) is 30.3 Å². The van der Waals surface area contributed by atoms with E-state index in [4.69, 9.17) is 0 Å². The highest BCUT2D eigenvalue weighted by atomic mass is 19.1. The number of hydrogen-bond acceptors (Lipinski definition) is 1. The Morgan fingerprint density at radius 2 is 1.75 bits per heavy atom. The molecule has 104 valence electrons. The highest BCUT2D eigenvalue weighted by Gasteiger charge is 2.12. The molecule has 0 saturated heterocycles. The molecular weight excluding hydrogens is 260 g/mol. The molecule has 0 heterocycles. The van der Waals surface area contributed by atoms with Crippen LogP contribution in [0.3, 0.4) is 0 Å². The second-order valence-electron chi connectivity index (χ2n) is 4.61. The van der Waals surface area contributed by atoms with E-state index in [0.717, 1.165) is 5.56 Å². The first-order chi connectivity index (χ1) is 9.56. The lowest BCUT2D eigenvalue weighted by molar-refractivity contribution is -0.121. The van der Waals surface area contributed by atoms with E-state index in [0.29, 0.717) is 5.56 Å². The predicted octanol–water partition coefficient (Wildman–Crippen LogP) is 3.38. The van der Waals surface area contributed by atoms with Crippen LogP contribution in [0, 0.1) is 11.6 Å². The van der Waals surface area contributed by atoms with Gasteiger partial charge in [0.15, 0.2) is 0 Å². The molecule has 1 atom stereocenters. The fraction of sp³-hybridized carbons (Fsp3) is 0.188. The summed E-state index contributed by atoms with van der Waals surface area (Å²) in [6, 6.07) is 11.8. The molecule has 0 aromatic heterocycles. The highest BCUT2D eigenvalue weighted by molar-refractivity contribution is 5.79. The normalized spacial score (nSPS) is 11.9. The van der Waals surface area contributed by atoms with Gasteiger partial charge in [-0.2, -0.15) is 0 Å². The smallest absolute Gasteiger partial charge is 0.225 e. The molecule has 0 spiro atoms. The second-order valence-corrected chi connectivity index (χ2v) is 4.61. The molecule has 4 heteroatoms. The molecule has 2 nitrogen and oxygen atoms in total. The fourth-order valence-electron chi connectivity index (χ4n) is 1.94. The van der Waals surface area contributed by atoms with E-state index < -0.39 is 5.82 Å². The average Bonchev–Trinajstić information content (AvgIpc) is 2.42. The zero-order valence-corrected chi connectivity index (χ0v) is 11.1. The molecule has 0 radical (unpaired) electrons. The zero-order chi connectivity index (χ0) is 14.5. The maximum Gasteiger partial charge on any atom is 0.225 e. The summed E-state index contributed by atoms with van der Waals surface area (Å²) in [6.45, 7) is 1.80. The monoisotopic (exact) mass is 275 g/mol. The van der Waals surface area contributed by atoms with Crippen molar-refractivity contribution in [3.63, 3.8) is 0 Å². The van der Waals surface area contributed by atoms with Gasteiger partial charge in [0.2, 0.25) is 5.91 Å². The van der Waals surface area contributed by atoms with Crippen molar-refractivity contribution in [2.75, 3.05) is 0 Å². The van der Waals surface area contributed by atoms with Crippen molar-refractivity contribution in [1.82, 2.24) is 5.32 Å². The maximum absolute atomic E-state index is 13.4. The molecule has 2 rings (SSSR count). The topological polar surface area (TPSA) is 29.1 Å². The fourth-order valence-corrected chi connectivity index (χ4v) is 1.94. The van der Waals surface area contributed by atoms with E-state index in [9.17, 15) is 13.6 Å². The minimum absolute atomic E-state index is 0.0157. The van der Waals surface area contributed by atoms with Gasteiger partial charge < -0.3 is 5.32 Å². The Bertz CT molecular complexity index is 596. The molecule has 0 fully saturated rings. The van der Waals surface area contributed by atoms with Gasteiger partial charge in [0.05, 0.1) is 12.5 Å². The van der Waals surface area contributed by atoms with Crippen LogP contribution in [-0.4, -0.2) is 5.91 Å². The number of halogens is 2. The third kappa shape index (κ3) is 3.63. The van der Waals surface area contributed by atoms with Crippen LogP contribution in [0.1, 0.15) is 24.1 Å². The molecule has 0 bridgehead atoms. The van der Waals surface area contributed by atoms with Crippen LogP contribution in [0.2, 0.25) is 0 Å². The minimum Gasteiger partial charge on any atom is -0.349 e. The van der Waals surface area contributed by atoms with Crippen molar-refractivity contribution in [1.29, 1.82) is 0 Å². The molecule has 2 aromatic carbocycles. The second kappa shape index (κ2) is 6.28. The maximum atomic E-state index is 13.4. The highest BCUT2D eigenvalue weighted by Crippen LogP contribution is 2.13. The Labute approximate surface area is 116 Å². The number of benzene rings is 2. The van der Waals surface area contributed by atoms with E-state index in [1.807, 2.05) is 0 Å². The summed E-state index contributed by atoms with van der Waals surface area (Å²) in [5, 5.41) is 2.76. The van der Waals surface area contributed by atoms with E-state index in [1.165, 1.54) is 18.2 Å². The summed E-state index contributed by atoms with van der Waals surface area (Å²) in [5.41, 5.74) is 1.16. The van der Waals surface area contributed by atoms with E-state index in [2.05, 4.69) is 5.32 Å². The van der Waals surface area contributed by atoms with Gasteiger partial charge in [-0.15, -0.1) is 0 Å². The lowest BCUT2D eigenvalue weighted by atomic mass is 10.1. The molecule has 1 amide bonds. The average molecular weight is 275 g/mol. The van der Waals surface area contributed by atoms with Crippen molar-refractivity contribution in [2.24, 2.45) is 0 Å². The third-order valence-corrected chi connectivity index (χ3v) is 3.06. The number of hydrogen-bond donors (Lipinski definition) is 1. The van der Waals surface area contributed by atoms with Gasteiger partial charge in [-0.25, -0.2) is 8.78 Å². The number of carbonyl (C=O) groups excluding carboxylic acids is 1. The summed E-state index contributed by atoms with van der Waals surface area (Å²) < 4.78 is 26.2. The first-order valence-electron chi connectivity index (χ1n) is 6.34. The van der Waals surface area contributed by atoms with Crippen molar-refractivity contribution < 1.29 is 13.6 Å². The summed E-state index contributed by atoms with van der Waals surface area (Å²) in [6.07, 6.45) is -0.0157. The van der Waals surface area contributed by atoms with Crippen molar-refractivity contribution in [3.8, 4) is 0 Å². The van der Waals surface area contributed by atoms with E-state index in [1.54, 1.807) is 37.3 Å². The zero-order valence-electron chi connectivity index (χ0n) is 11.1. The first-order valence-corrected chi connectivity index (χ1v) is 6.34. The lowest BCUT2D eigenvalue weighted by Gasteiger charge is -2.14. The summed E-state index contributed by atoms with van der Waals surface area (Å²) in [7, 11) is 0. The quantitative estimate of drug-likeness (QED) is 0.910. The first kappa shape index (κ1) is 14.2. The van der Waals surface area contributed by atoms with E-state index >= 15 is 0 Å². The molecule has 1 N–H and O–H groups in total. The van der Waals surface area contributed by atoms with Crippen LogP contribution in [0.25, 0.3) is 0 Å². The SMILES string of the molecule is C[C@H](NC(=O)Cc1ccccc1F)c1ccc(F)cc1. The Hall–Kier alpha value is -2.23. The standard InChI is InChI=1S/C16H15F2NO/c1-11(12-6-8-14(17)9-7-12)19-16(20)10-13-4-2-3-5-15(13)18/h2-9,11H,10H2,1H3,(H,19,20)/t11-/m0/s1. The molecular formula is C16H15F2NO. The van der Waals surface area contributed by atoms with Gasteiger partial charge in [0.1, 0.15) is 11.6 Å². The van der Waals surface area contributed by atoms with Crippen LogP contribution in [0.15, 0.2) is 48.5 Å². The molecule has 0 unspecified atom stereocenters. The molecule has 20 heavy (non-hydrogen) atoms. The number of nitrogens with one attached hydrogen (secondary N) is 1. The Morgan fingerprint density at radius 1 is 1.10 bits per heavy atom. The van der Waals surface area contributed by atoms with Crippen LogP contribution in [0.4, 0.5) is 8.78 Å². The van der Waals surface area contributed by atoms with Crippen LogP contribution in [-0.2, 0) is 11.2 Å². The van der Waals surface area contributed by atoms with Gasteiger partial charge >= 0.3 is 0 Å². The van der Waals surface area contributed by atoms with Crippen molar-refractivity contribution in [3.05, 3.63) is 71.3 Å².